The summed E-state index contributed by atoms with van der Waals surface area (Å²) in [5, 5.41) is 1.37. The highest BCUT2D eigenvalue weighted by Gasteiger charge is 2.19. The van der Waals surface area contributed by atoms with E-state index in [0.717, 1.165) is 5.66 Å². The van der Waals surface area contributed by atoms with Crippen LogP contribution in [0.3, 0.4) is 0 Å². The number of benzene rings is 1. The maximum atomic E-state index is 6.33. The monoisotopic (exact) mass is 202 g/mol. The fourth-order valence-electron chi connectivity index (χ4n) is 2.17. The second-order valence-corrected chi connectivity index (χ2v) is 6.10. The molecule has 0 N–H and O–H groups in total. The summed E-state index contributed by atoms with van der Waals surface area (Å²) in [6, 6.07) is 10.6. The molecule has 0 saturated heterocycles. The van der Waals surface area contributed by atoms with Crippen molar-refractivity contribution in [3.63, 3.8) is 0 Å². The Kier molecular flexibility index (Phi) is 3.64. The van der Waals surface area contributed by atoms with Gasteiger partial charge in [-0.1, -0.05) is 49.6 Å². The molecular weight excluding hydrogens is 186 g/mol. The first kappa shape index (κ1) is 10.2. The molecule has 72 valence electrons. The van der Waals surface area contributed by atoms with E-state index < -0.39 is 7.80 Å². The lowest BCUT2D eigenvalue weighted by atomic mass is 10.0. The first-order valence-corrected chi connectivity index (χ1v) is 6.95. The molecule has 1 fully saturated rings. The van der Waals surface area contributed by atoms with Crippen LogP contribution in [0.4, 0.5) is 0 Å². The first-order chi connectivity index (χ1) is 6.88. The van der Waals surface area contributed by atoms with E-state index in [1.165, 1.54) is 37.4 Å². The lowest BCUT2D eigenvalue weighted by Crippen LogP contribution is -2.16. The maximum absolute atomic E-state index is 6.33. The van der Waals surface area contributed by atoms with Crippen LogP contribution < -0.4 is 5.30 Å². The van der Waals surface area contributed by atoms with Crippen LogP contribution in [0.15, 0.2) is 30.3 Å². The Morgan fingerprint density at radius 1 is 1.00 bits per heavy atom. The molecule has 2 radical (unpaired) electrons. The lowest BCUT2D eigenvalue weighted by Gasteiger charge is -2.28. The number of rotatable bonds is 2. The average molecular weight is 202 g/mol. The van der Waals surface area contributed by atoms with Crippen molar-refractivity contribution < 1.29 is 0 Å². The Morgan fingerprint density at radius 2 is 1.64 bits per heavy atom. The van der Waals surface area contributed by atoms with Crippen LogP contribution in [-0.2, 0) is 0 Å². The van der Waals surface area contributed by atoms with Gasteiger partial charge in [-0.3, -0.25) is 0 Å². The van der Waals surface area contributed by atoms with Gasteiger partial charge in [0.05, 0.1) is 0 Å². The molecule has 0 nitrogen and oxygen atoms in total. The molecule has 1 aliphatic carbocycles. The second kappa shape index (κ2) is 4.98. The molecular formula is C12H16BP. The summed E-state index contributed by atoms with van der Waals surface area (Å²) in [4.78, 5) is 0. The van der Waals surface area contributed by atoms with Crippen molar-refractivity contribution in [3.8, 4) is 0 Å². The Labute approximate surface area is 89.2 Å². The zero-order chi connectivity index (χ0) is 9.80. The SMILES string of the molecule is [B]P(c1ccccc1)C1CCCCC1. The lowest BCUT2D eigenvalue weighted by molar-refractivity contribution is 0.513. The highest BCUT2D eigenvalue weighted by atomic mass is 31.1. The first-order valence-electron chi connectivity index (χ1n) is 5.47. The molecule has 0 bridgehead atoms. The van der Waals surface area contributed by atoms with E-state index >= 15 is 0 Å². The van der Waals surface area contributed by atoms with E-state index in [1.807, 2.05) is 0 Å². The minimum absolute atomic E-state index is 0.394. The van der Waals surface area contributed by atoms with Crippen LogP contribution in [0, 0.1) is 0 Å². The Balaban J connectivity index is 2.03. The topological polar surface area (TPSA) is 0 Å². The largest absolute Gasteiger partial charge is 0.123 e. The Hall–Kier alpha value is -0.285. The van der Waals surface area contributed by atoms with Crippen LogP contribution in [0.5, 0.6) is 0 Å². The van der Waals surface area contributed by atoms with Crippen LogP contribution >= 0.6 is 7.80 Å². The van der Waals surface area contributed by atoms with Gasteiger partial charge in [0.15, 0.2) is 0 Å². The van der Waals surface area contributed by atoms with Gasteiger partial charge in [-0.15, -0.1) is 7.80 Å². The van der Waals surface area contributed by atoms with Crippen LogP contribution in [0.25, 0.3) is 0 Å². The van der Waals surface area contributed by atoms with Crippen molar-refractivity contribution in [3.05, 3.63) is 30.3 Å². The molecule has 1 aromatic rings. The van der Waals surface area contributed by atoms with E-state index in [0.29, 0.717) is 0 Å². The summed E-state index contributed by atoms with van der Waals surface area (Å²) in [6.07, 6.45) is 6.86. The summed E-state index contributed by atoms with van der Waals surface area (Å²) in [6.45, 7) is 0. The quantitative estimate of drug-likeness (QED) is 0.510. The third-order valence-corrected chi connectivity index (χ3v) is 5.22. The van der Waals surface area contributed by atoms with Crippen LogP contribution in [-0.4, -0.2) is 13.2 Å². The van der Waals surface area contributed by atoms with Gasteiger partial charge < -0.3 is 0 Å². The average Bonchev–Trinajstić information content (AvgIpc) is 2.30. The normalized spacial score (nSPS) is 20.6. The maximum Gasteiger partial charge on any atom is 0.115 e. The molecule has 2 rings (SSSR count). The molecule has 2 heteroatoms. The second-order valence-electron chi connectivity index (χ2n) is 4.03. The van der Waals surface area contributed by atoms with E-state index in [2.05, 4.69) is 30.3 Å². The minimum atomic E-state index is -0.394. The molecule has 0 aromatic heterocycles. The minimum Gasteiger partial charge on any atom is -0.123 e. The molecule has 0 heterocycles. The van der Waals surface area contributed by atoms with Crippen LogP contribution in [0.1, 0.15) is 32.1 Å². The van der Waals surface area contributed by atoms with Gasteiger partial charge in [0.2, 0.25) is 0 Å². The van der Waals surface area contributed by atoms with Gasteiger partial charge in [-0.25, -0.2) is 0 Å². The van der Waals surface area contributed by atoms with Gasteiger partial charge in [0, 0.05) is 0 Å². The molecule has 0 aliphatic heterocycles. The van der Waals surface area contributed by atoms with Crippen LogP contribution in [0.2, 0.25) is 0 Å². The fourth-order valence-corrected chi connectivity index (χ4v) is 4.03. The van der Waals surface area contributed by atoms with Crippen molar-refractivity contribution in [1.29, 1.82) is 0 Å². The van der Waals surface area contributed by atoms with Gasteiger partial charge in [0.1, 0.15) is 7.57 Å². The highest BCUT2D eigenvalue weighted by Crippen LogP contribution is 2.42. The third-order valence-electron chi connectivity index (χ3n) is 3.02. The van der Waals surface area contributed by atoms with E-state index in [4.69, 9.17) is 7.57 Å². The summed E-state index contributed by atoms with van der Waals surface area (Å²) < 4.78 is 0. The van der Waals surface area contributed by atoms with Gasteiger partial charge in [-0.05, 0) is 23.8 Å². The molecule has 1 atom stereocenters. The Morgan fingerprint density at radius 3 is 2.29 bits per heavy atom. The van der Waals surface area contributed by atoms with Gasteiger partial charge in [-0.2, -0.15) is 0 Å². The predicted molar refractivity (Wildman–Crippen MR) is 65.6 cm³/mol. The van der Waals surface area contributed by atoms with E-state index in [1.54, 1.807) is 0 Å². The zero-order valence-corrected chi connectivity index (χ0v) is 9.42. The van der Waals surface area contributed by atoms with E-state index in [9.17, 15) is 0 Å². The third kappa shape index (κ3) is 2.39. The van der Waals surface area contributed by atoms with Crippen molar-refractivity contribution in [2.75, 3.05) is 0 Å². The smallest absolute Gasteiger partial charge is 0.115 e. The standard InChI is InChI=1S/C12H16BP/c13-14(11-7-3-1-4-8-11)12-9-5-2-6-10-12/h1,3-4,7-8,12H,2,5-6,9-10H2. The molecule has 1 aromatic carbocycles. The summed E-state index contributed by atoms with van der Waals surface area (Å²) in [7, 11) is 5.94. The van der Waals surface area contributed by atoms with Crippen molar-refractivity contribution in [2.45, 2.75) is 37.8 Å². The molecule has 1 unspecified atom stereocenters. The molecule has 0 spiro atoms. The fraction of sp³-hybridized carbons (Fsp3) is 0.500. The Bertz CT molecular complexity index is 267. The van der Waals surface area contributed by atoms with Crippen molar-refractivity contribution in [2.24, 2.45) is 0 Å². The van der Waals surface area contributed by atoms with Gasteiger partial charge in [0.25, 0.3) is 0 Å². The number of hydrogen-bond donors (Lipinski definition) is 0. The summed E-state index contributed by atoms with van der Waals surface area (Å²) in [5.41, 5.74) is 0.779. The number of hydrogen-bond acceptors (Lipinski definition) is 0. The molecule has 1 saturated carbocycles. The molecule has 1 aliphatic rings. The summed E-state index contributed by atoms with van der Waals surface area (Å²) >= 11 is 0. The summed E-state index contributed by atoms with van der Waals surface area (Å²) in [5.74, 6) is 0. The predicted octanol–water partition coefficient (Wildman–Crippen LogP) is 3.21. The van der Waals surface area contributed by atoms with Gasteiger partial charge >= 0.3 is 0 Å². The highest BCUT2D eigenvalue weighted by molar-refractivity contribution is 7.88. The molecule has 0 amide bonds. The molecule has 14 heavy (non-hydrogen) atoms. The van der Waals surface area contributed by atoms with Crippen molar-refractivity contribution >= 4 is 20.7 Å². The van der Waals surface area contributed by atoms with Crippen molar-refractivity contribution in [1.82, 2.24) is 0 Å². The zero-order valence-electron chi connectivity index (χ0n) is 8.52. The van der Waals surface area contributed by atoms with E-state index in [-0.39, 0.29) is 0 Å².